The summed E-state index contributed by atoms with van der Waals surface area (Å²) in [7, 11) is 0. The van der Waals surface area contributed by atoms with Crippen molar-refractivity contribution < 1.29 is 9.13 Å². The molecule has 1 rings (SSSR count). The highest BCUT2D eigenvalue weighted by Crippen LogP contribution is 2.13. The molecule has 1 aromatic carbocycles. The van der Waals surface area contributed by atoms with Gasteiger partial charge in [-0.25, -0.2) is 4.39 Å². The smallest absolute Gasteiger partial charge is 0.126 e. The third-order valence-electron chi connectivity index (χ3n) is 1.54. The van der Waals surface area contributed by atoms with E-state index in [1.54, 1.807) is 12.1 Å². The Labute approximate surface area is 76.7 Å². The lowest BCUT2D eigenvalue weighted by molar-refractivity contribution is 0.217. The van der Waals surface area contributed by atoms with E-state index in [1.165, 1.54) is 12.1 Å². The molecule has 3 N–H and O–H groups in total. The highest BCUT2D eigenvalue weighted by atomic mass is 19.1. The van der Waals surface area contributed by atoms with Gasteiger partial charge in [0.1, 0.15) is 17.7 Å². The number of rotatable bonds is 4. The minimum Gasteiger partial charge on any atom is -0.489 e. The normalized spacial score (nSPS) is 12.5. The Morgan fingerprint density at radius 3 is 3.00 bits per heavy atom. The van der Waals surface area contributed by atoms with Crippen LogP contribution in [0.1, 0.15) is 6.92 Å². The number of halogens is 1. The Bertz CT molecular complexity index is 268. The van der Waals surface area contributed by atoms with E-state index in [0.717, 1.165) is 0 Å². The summed E-state index contributed by atoms with van der Waals surface area (Å²) in [5.74, 6) is 5.32. The number of ether oxygens (including phenoxy) is 1. The summed E-state index contributed by atoms with van der Waals surface area (Å²) >= 11 is 0. The van der Waals surface area contributed by atoms with Gasteiger partial charge in [0.05, 0.1) is 0 Å². The van der Waals surface area contributed by atoms with Crippen LogP contribution in [-0.4, -0.2) is 12.6 Å². The second-order valence-corrected chi connectivity index (χ2v) is 2.79. The molecule has 0 spiro atoms. The molecule has 0 aliphatic carbocycles. The Kier molecular flexibility index (Phi) is 3.67. The van der Waals surface area contributed by atoms with Crippen molar-refractivity contribution in [1.29, 1.82) is 0 Å². The summed E-state index contributed by atoms with van der Waals surface area (Å²) in [6.07, 6.45) is -0.0770. The Balaban J connectivity index is 2.53. The summed E-state index contributed by atoms with van der Waals surface area (Å²) in [4.78, 5) is 0. The molecule has 72 valence electrons. The van der Waals surface area contributed by atoms with Crippen LogP contribution < -0.4 is 16.0 Å². The fourth-order valence-electron chi connectivity index (χ4n) is 0.980. The highest BCUT2D eigenvalue weighted by Gasteiger charge is 2.02. The van der Waals surface area contributed by atoms with Gasteiger partial charge in [-0.3, -0.25) is 11.3 Å². The topological polar surface area (TPSA) is 47.3 Å². The number of nitrogens with two attached hydrogens (primary N) is 1. The second-order valence-electron chi connectivity index (χ2n) is 2.79. The lowest BCUT2D eigenvalue weighted by atomic mass is 10.3. The third kappa shape index (κ3) is 3.40. The number of hydrogen-bond acceptors (Lipinski definition) is 3. The van der Waals surface area contributed by atoms with Gasteiger partial charge in [-0.2, -0.15) is 0 Å². The van der Waals surface area contributed by atoms with Gasteiger partial charge in [0.2, 0.25) is 0 Å². The predicted molar refractivity (Wildman–Crippen MR) is 48.7 cm³/mol. The monoisotopic (exact) mass is 184 g/mol. The molecule has 0 bridgehead atoms. The van der Waals surface area contributed by atoms with Crippen LogP contribution >= 0.6 is 0 Å². The maximum absolute atomic E-state index is 12.7. The molecule has 0 amide bonds. The first-order chi connectivity index (χ1) is 6.22. The van der Waals surface area contributed by atoms with Crippen molar-refractivity contribution in [3.8, 4) is 5.75 Å². The van der Waals surface area contributed by atoms with Crippen LogP contribution in [-0.2, 0) is 0 Å². The van der Waals surface area contributed by atoms with Gasteiger partial charge in [0.25, 0.3) is 0 Å². The maximum atomic E-state index is 12.7. The largest absolute Gasteiger partial charge is 0.489 e. The van der Waals surface area contributed by atoms with E-state index in [-0.39, 0.29) is 11.9 Å². The van der Waals surface area contributed by atoms with Crippen molar-refractivity contribution in [2.45, 2.75) is 13.0 Å². The molecule has 0 radical (unpaired) electrons. The molecular formula is C9H13FN2O. The number of benzene rings is 1. The summed E-state index contributed by atoms with van der Waals surface area (Å²) in [5.41, 5.74) is 2.48. The van der Waals surface area contributed by atoms with Crippen molar-refractivity contribution in [1.82, 2.24) is 5.43 Å². The first-order valence-corrected chi connectivity index (χ1v) is 4.08. The van der Waals surface area contributed by atoms with Crippen LogP contribution in [0.4, 0.5) is 4.39 Å². The van der Waals surface area contributed by atoms with E-state index < -0.39 is 0 Å². The average molecular weight is 184 g/mol. The van der Waals surface area contributed by atoms with Crippen molar-refractivity contribution in [3.05, 3.63) is 30.1 Å². The Morgan fingerprint density at radius 1 is 1.62 bits per heavy atom. The average Bonchev–Trinajstić information content (AvgIpc) is 2.04. The number of nitrogens with one attached hydrogen (secondary N) is 1. The van der Waals surface area contributed by atoms with E-state index in [1.807, 2.05) is 6.92 Å². The standard InChI is InChI=1S/C9H13FN2O/c1-7(6-12-11)13-9-4-2-3-8(10)5-9/h2-5,7,12H,6,11H2,1H3. The minimum atomic E-state index is -0.301. The van der Waals surface area contributed by atoms with Gasteiger partial charge in [0, 0.05) is 12.6 Å². The lowest BCUT2D eigenvalue weighted by Crippen LogP contribution is -2.33. The van der Waals surface area contributed by atoms with Crippen molar-refractivity contribution in [3.63, 3.8) is 0 Å². The van der Waals surface area contributed by atoms with Gasteiger partial charge in [-0.1, -0.05) is 6.07 Å². The molecule has 4 heteroatoms. The van der Waals surface area contributed by atoms with Crippen molar-refractivity contribution in [2.75, 3.05) is 6.54 Å². The Morgan fingerprint density at radius 2 is 2.38 bits per heavy atom. The van der Waals surface area contributed by atoms with Crippen LogP contribution in [0.15, 0.2) is 24.3 Å². The molecule has 1 unspecified atom stereocenters. The third-order valence-corrected chi connectivity index (χ3v) is 1.54. The molecule has 13 heavy (non-hydrogen) atoms. The zero-order valence-electron chi connectivity index (χ0n) is 7.46. The van der Waals surface area contributed by atoms with Crippen LogP contribution in [0.25, 0.3) is 0 Å². The molecular weight excluding hydrogens is 171 g/mol. The SMILES string of the molecule is CC(CNN)Oc1cccc(F)c1. The fraction of sp³-hybridized carbons (Fsp3) is 0.333. The van der Waals surface area contributed by atoms with Gasteiger partial charge in [0.15, 0.2) is 0 Å². The van der Waals surface area contributed by atoms with Crippen molar-refractivity contribution in [2.24, 2.45) is 5.84 Å². The molecule has 1 aromatic rings. The van der Waals surface area contributed by atoms with Gasteiger partial charge in [-0.15, -0.1) is 0 Å². The molecule has 1 atom stereocenters. The molecule has 0 aromatic heterocycles. The zero-order valence-corrected chi connectivity index (χ0v) is 7.46. The fourth-order valence-corrected chi connectivity index (χ4v) is 0.980. The van der Waals surface area contributed by atoms with Crippen molar-refractivity contribution >= 4 is 0 Å². The summed E-state index contributed by atoms with van der Waals surface area (Å²) in [6.45, 7) is 2.38. The summed E-state index contributed by atoms with van der Waals surface area (Å²) in [6, 6.07) is 6.02. The number of hydrogen-bond donors (Lipinski definition) is 2. The van der Waals surface area contributed by atoms with Crippen LogP contribution in [0.5, 0.6) is 5.75 Å². The molecule has 0 aliphatic rings. The second kappa shape index (κ2) is 4.79. The van der Waals surface area contributed by atoms with E-state index in [2.05, 4.69) is 5.43 Å². The highest BCUT2D eigenvalue weighted by molar-refractivity contribution is 5.22. The van der Waals surface area contributed by atoms with Gasteiger partial charge in [-0.05, 0) is 19.1 Å². The van der Waals surface area contributed by atoms with E-state index in [0.29, 0.717) is 12.3 Å². The van der Waals surface area contributed by atoms with E-state index in [4.69, 9.17) is 10.6 Å². The minimum absolute atomic E-state index is 0.0770. The predicted octanol–water partition coefficient (Wildman–Crippen LogP) is 1.06. The first kappa shape index (κ1) is 9.95. The van der Waals surface area contributed by atoms with Crippen LogP contribution in [0, 0.1) is 5.82 Å². The Hall–Kier alpha value is -1.13. The molecule has 0 fully saturated rings. The van der Waals surface area contributed by atoms with Gasteiger partial charge < -0.3 is 4.74 Å². The zero-order chi connectivity index (χ0) is 9.68. The van der Waals surface area contributed by atoms with Crippen LogP contribution in [0.2, 0.25) is 0 Å². The molecule has 0 aliphatic heterocycles. The lowest BCUT2D eigenvalue weighted by Gasteiger charge is -2.13. The maximum Gasteiger partial charge on any atom is 0.126 e. The first-order valence-electron chi connectivity index (χ1n) is 4.08. The van der Waals surface area contributed by atoms with E-state index >= 15 is 0 Å². The molecule has 0 heterocycles. The molecule has 0 saturated heterocycles. The van der Waals surface area contributed by atoms with E-state index in [9.17, 15) is 4.39 Å². The molecule has 3 nitrogen and oxygen atoms in total. The summed E-state index contributed by atoms with van der Waals surface area (Å²) in [5, 5.41) is 0. The summed E-state index contributed by atoms with van der Waals surface area (Å²) < 4.78 is 18.0. The quantitative estimate of drug-likeness (QED) is 0.543. The number of hydrazine groups is 1. The van der Waals surface area contributed by atoms with Gasteiger partial charge >= 0.3 is 0 Å². The molecule has 0 saturated carbocycles. The van der Waals surface area contributed by atoms with Crippen LogP contribution in [0.3, 0.4) is 0 Å².